The molecule has 1 nitrogen and oxygen atoms in total. The van der Waals surface area contributed by atoms with E-state index in [0.717, 1.165) is 25.8 Å². The minimum atomic E-state index is 0.528. The van der Waals surface area contributed by atoms with Gasteiger partial charge in [-0.15, -0.1) is 6.58 Å². The Bertz CT molecular complexity index is 520. The van der Waals surface area contributed by atoms with Crippen LogP contribution in [0.1, 0.15) is 38.7 Å². The van der Waals surface area contributed by atoms with Crippen molar-refractivity contribution < 1.29 is 0 Å². The van der Waals surface area contributed by atoms with Gasteiger partial charge in [-0.05, 0) is 56.7 Å². The molecule has 0 saturated heterocycles. The molecule has 0 radical (unpaired) electrons. The predicted octanol–water partition coefficient (Wildman–Crippen LogP) is 5.52. The van der Waals surface area contributed by atoms with Gasteiger partial charge in [0.15, 0.2) is 0 Å². The van der Waals surface area contributed by atoms with Gasteiger partial charge in [-0.3, -0.25) is 0 Å². The van der Waals surface area contributed by atoms with Crippen LogP contribution in [-0.2, 0) is 0 Å². The van der Waals surface area contributed by atoms with Gasteiger partial charge in [0.05, 0.1) is 0 Å². The topological polar surface area (TPSA) is 26.0 Å². The molecule has 0 spiro atoms. The lowest BCUT2D eigenvalue weighted by molar-refractivity contribution is 0.551. The molecule has 1 aromatic carbocycles. The van der Waals surface area contributed by atoms with E-state index in [9.17, 15) is 0 Å². The van der Waals surface area contributed by atoms with Crippen LogP contribution in [-0.4, -0.2) is 6.54 Å². The average Bonchev–Trinajstić information content (AvgIpc) is 2.52. The molecule has 0 bridgehead atoms. The Morgan fingerprint density at radius 1 is 1.23 bits per heavy atom. The highest BCUT2D eigenvalue weighted by Gasteiger charge is 2.03. The van der Waals surface area contributed by atoms with Crippen LogP contribution in [0.25, 0.3) is 5.57 Å². The van der Waals surface area contributed by atoms with Crippen molar-refractivity contribution in [2.24, 2.45) is 11.7 Å². The second-order valence-corrected chi connectivity index (χ2v) is 5.71. The quantitative estimate of drug-likeness (QED) is 0.471. The summed E-state index contributed by atoms with van der Waals surface area (Å²) in [6.45, 7) is 8.85. The summed E-state index contributed by atoms with van der Waals surface area (Å²) in [5.41, 5.74) is 9.43. The molecule has 0 aliphatic carbocycles. The lowest BCUT2D eigenvalue weighted by atomic mass is 9.96. The van der Waals surface area contributed by atoms with Crippen molar-refractivity contribution in [3.05, 3.63) is 78.4 Å². The first-order chi connectivity index (χ1) is 10.7. The van der Waals surface area contributed by atoms with Crippen molar-refractivity contribution in [3.8, 4) is 0 Å². The Kier molecular flexibility index (Phi) is 8.94. The third-order valence-corrected chi connectivity index (χ3v) is 3.59. The molecule has 0 fully saturated rings. The van der Waals surface area contributed by atoms with E-state index in [2.05, 4.69) is 68.1 Å². The third kappa shape index (κ3) is 7.24. The summed E-state index contributed by atoms with van der Waals surface area (Å²) in [5, 5.41) is 0. The fourth-order valence-corrected chi connectivity index (χ4v) is 2.36. The summed E-state index contributed by atoms with van der Waals surface area (Å²) < 4.78 is 0. The standard InChI is InChI=1S/C21H29N/c1-4-9-20(21-11-6-5-7-12-21)13-8-10-19(16-17-22)15-14-18(2)3/h4-13,19H,2,14-17,22H2,1,3H3/b9-4-,10-8?,20-13+. The Morgan fingerprint density at radius 2 is 1.95 bits per heavy atom. The zero-order chi connectivity index (χ0) is 16.2. The van der Waals surface area contributed by atoms with Crippen LogP contribution in [0.4, 0.5) is 0 Å². The summed E-state index contributed by atoms with van der Waals surface area (Å²) in [5.74, 6) is 0.528. The fourth-order valence-electron chi connectivity index (χ4n) is 2.36. The van der Waals surface area contributed by atoms with Crippen molar-refractivity contribution in [3.63, 3.8) is 0 Å². The maximum absolute atomic E-state index is 5.72. The Labute approximate surface area is 135 Å². The molecular weight excluding hydrogens is 266 g/mol. The third-order valence-electron chi connectivity index (χ3n) is 3.59. The second kappa shape index (κ2) is 10.8. The second-order valence-electron chi connectivity index (χ2n) is 5.71. The minimum Gasteiger partial charge on any atom is -0.330 e. The normalized spacial score (nSPS) is 13.9. The van der Waals surface area contributed by atoms with Crippen molar-refractivity contribution in [2.75, 3.05) is 6.54 Å². The molecule has 1 heteroatoms. The molecule has 1 aromatic rings. The SMILES string of the molecule is C=C(C)CCC(C=C/C=C(\C=C/C)c1ccccc1)CCN. The van der Waals surface area contributed by atoms with E-state index in [0.29, 0.717) is 5.92 Å². The van der Waals surface area contributed by atoms with Crippen LogP contribution in [0.5, 0.6) is 0 Å². The molecule has 118 valence electrons. The van der Waals surface area contributed by atoms with Crippen LogP contribution >= 0.6 is 0 Å². The first-order valence-corrected chi connectivity index (χ1v) is 8.08. The van der Waals surface area contributed by atoms with Crippen molar-refractivity contribution in [2.45, 2.75) is 33.1 Å². The number of allylic oxidation sites excluding steroid dienone is 7. The maximum Gasteiger partial charge on any atom is -0.00717 e. The van der Waals surface area contributed by atoms with Crippen LogP contribution in [0.15, 0.2) is 72.9 Å². The number of hydrogen-bond acceptors (Lipinski definition) is 1. The summed E-state index contributed by atoms with van der Waals surface area (Å²) in [6.07, 6.45) is 14.1. The van der Waals surface area contributed by atoms with E-state index >= 15 is 0 Å². The summed E-state index contributed by atoms with van der Waals surface area (Å²) in [4.78, 5) is 0. The Hall–Kier alpha value is -1.86. The molecule has 0 saturated carbocycles. The van der Waals surface area contributed by atoms with Gasteiger partial charge in [-0.1, -0.05) is 66.3 Å². The van der Waals surface area contributed by atoms with E-state index in [4.69, 9.17) is 5.73 Å². The van der Waals surface area contributed by atoms with Gasteiger partial charge >= 0.3 is 0 Å². The predicted molar refractivity (Wildman–Crippen MR) is 99.6 cm³/mol. The van der Waals surface area contributed by atoms with Crippen LogP contribution in [0, 0.1) is 5.92 Å². The van der Waals surface area contributed by atoms with Crippen molar-refractivity contribution in [1.82, 2.24) is 0 Å². The molecule has 0 aliphatic heterocycles. The van der Waals surface area contributed by atoms with Gasteiger partial charge in [-0.25, -0.2) is 0 Å². The van der Waals surface area contributed by atoms with Crippen LogP contribution in [0.2, 0.25) is 0 Å². The van der Waals surface area contributed by atoms with E-state index in [-0.39, 0.29) is 0 Å². The van der Waals surface area contributed by atoms with Gasteiger partial charge in [-0.2, -0.15) is 0 Å². The van der Waals surface area contributed by atoms with Crippen LogP contribution in [0.3, 0.4) is 0 Å². The molecule has 0 aliphatic rings. The number of benzene rings is 1. The van der Waals surface area contributed by atoms with Gasteiger partial charge in [0.1, 0.15) is 0 Å². The molecule has 1 atom stereocenters. The van der Waals surface area contributed by atoms with Crippen molar-refractivity contribution in [1.29, 1.82) is 0 Å². The average molecular weight is 295 g/mol. The minimum absolute atomic E-state index is 0.528. The fraction of sp³-hybridized carbons (Fsp3) is 0.333. The van der Waals surface area contributed by atoms with Gasteiger partial charge < -0.3 is 5.73 Å². The molecule has 0 heterocycles. The zero-order valence-corrected chi connectivity index (χ0v) is 14.0. The molecule has 0 amide bonds. The molecule has 2 N–H and O–H groups in total. The van der Waals surface area contributed by atoms with Crippen molar-refractivity contribution >= 4 is 5.57 Å². The lowest BCUT2D eigenvalue weighted by Gasteiger charge is -2.11. The first-order valence-electron chi connectivity index (χ1n) is 8.08. The smallest absolute Gasteiger partial charge is 0.00717 e. The molecule has 1 unspecified atom stereocenters. The summed E-state index contributed by atoms with van der Waals surface area (Å²) in [6, 6.07) is 10.5. The largest absolute Gasteiger partial charge is 0.330 e. The summed E-state index contributed by atoms with van der Waals surface area (Å²) in [7, 11) is 0. The highest BCUT2D eigenvalue weighted by Crippen LogP contribution is 2.18. The maximum atomic E-state index is 5.72. The Morgan fingerprint density at radius 3 is 2.55 bits per heavy atom. The lowest BCUT2D eigenvalue weighted by Crippen LogP contribution is -2.06. The molecule has 0 aromatic heterocycles. The molecule has 1 rings (SSSR count). The van der Waals surface area contributed by atoms with Gasteiger partial charge in [0.2, 0.25) is 0 Å². The first kappa shape index (κ1) is 18.2. The van der Waals surface area contributed by atoms with E-state index < -0.39 is 0 Å². The van der Waals surface area contributed by atoms with Crippen LogP contribution < -0.4 is 5.73 Å². The summed E-state index contributed by atoms with van der Waals surface area (Å²) >= 11 is 0. The molecular formula is C21H29N. The molecule has 22 heavy (non-hydrogen) atoms. The number of hydrogen-bond donors (Lipinski definition) is 1. The van der Waals surface area contributed by atoms with Gasteiger partial charge in [0, 0.05) is 0 Å². The van der Waals surface area contributed by atoms with Gasteiger partial charge in [0.25, 0.3) is 0 Å². The van der Waals surface area contributed by atoms with E-state index in [1.54, 1.807) is 0 Å². The number of nitrogens with two attached hydrogens (primary N) is 1. The Balaban J connectivity index is 2.80. The monoisotopic (exact) mass is 295 g/mol. The highest BCUT2D eigenvalue weighted by molar-refractivity contribution is 5.74. The zero-order valence-electron chi connectivity index (χ0n) is 14.0. The number of rotatable bonds is 9. The van der Waals surface area contributed by atoms with E-state index in [1.165, 1.54) is 16.7 Å². The van der Waals surface area contributed by atoms with E-state index in [1.807, 2.05) is 13.0 Å². The highest BCUT2D eigenvalue weighted by atomic mass is 14.5.